The molecule has 0 aliphatic carbocycles. The third-order valence-corrected chi connectivity index (χ3v) is 7.86. The molecule has 1 aromatic carbocycles. The van der Waals surface area contributed by atoms with Gasteiger partial charge in [0.2, 0.25) is 0 Å². The van der Waals surface area contributed by atoms with Crippen molar-refractivity contribution < 1.29 is 52.2 Å². The Morgan fingerprint density at radius 3 is 2.57 bits per heavy atom. The average Bonchev–Trinajstić information content (AvgIpc) is 2.89. The second-order valence-corrected chi connectivity index (χ2v) is 12.3. The number of anilines is 1. The molecule has 5 rings (SSSR count). The van der Waals surface area contributed by atoms with Crippen LogP contribution in [0, 0.1) is 11.2 Å². The number of carboxylic acids is 1. The van der Waals surface area contributed by atoms with Gasteiger partial charge in [-0.1, -0.05) is 0 Å². The molecule has 2 aromatic rings. The molecule has 0 saturated carbocycles. The van der Waals surface area contributed by atoms with Crippen molar-refractivity contribution >= 4 is 17.9 Å². The zero-order chi connectivity index (χ0) is 29.2. The molecule has 0 unspecified atom stereocenters. The average molecular weight is 578 g/mol. The fourth-order valence-electron chi connectivity index (χ4n) is 5.75. The minimum Gasteiger partial charge on any atom is -0.545 e. The van der Waals surface area contributed by atoms with Crippen LogP contribution < -0.4 is 38.9 Å². The van der Waals surface area contributed by atoms with Crippen LogP contribution >= 0.6 is 0 Å². The van der Waals surface area contributed by atoms with Gasteiger partial charge in [-0.25, -0.2) is 19.2 Å². The smallest absolute Gasteiger partial charge is 0.545 e. The number of halogens is 1. The van der Waals surface area contributed by atoms with Crippen molar-refractivity contribution in [3.8, 4) is 11.5 Å². The number of aromatic carboxylic acids is 1. The molecule has 1 spiro atoms. The number of aromatic nitrogens is 2. The van der Waals surface area contributed by atoms with Gasteiger partial charge in [0.25, 0.3) is 0 Å². The zero-order valence-electron chi connectivity index (χ0n) is 24.7. The van der Waals surface area contributed by atoms with Crippen LogP contribution in [-0.2, 0) is 9.47 Å². The molecule has 0 radical (unpaired) electrons. The Morgan fingerprint density at radius 2 is 1.93 bits per heavy atom. The summed E-state index contributed by atoms with van der Waals surface area (Å²) in [5.74, 6) is -1.35. The molecule has 1 amide bonds. The number of benzene rings is 1. The van der Waals surface area contributed by atoms with Gasteiger partial charge in [0.15, 0.2) is 11.6 Å². The number of hydrogen-bond donors (Lipinski definition) is 1. The standard InChI is InChI=1S/C29H38FN5O6.Li/c1-28(2,3)41-27(38)33-20-5-6-21(39-15-20)14-34-10-8-29(9-11-34)16-35(17-29)25-24(13-31-18-32-25)40-23-7-4-19(30)12-22(23)26(36)37;/h4,7,12-13,18,20-21H,5-6,8-11,14-17H2,1-3H3,(H,33,38)(H,36,37);/q;+1/p-1/t20-,21+;/m1./s1. The van der Waals surface area contributed by atoms with Gasteiger partial charge < -0.3 is 39.2 Å². The second-order valence-electron chi connectivity index (χ2n) is 12.3. The summed E-state index contributed by atoms with van der Waals surface area (Å²) in [7, 11) is 0. The summed E-state index contributed by atoms with van der Waals surface area (Å²) in [4.78, 5) is 36.5. The summed E-state index contributed by atoms with van der Waals surface area (Å²) in [5, 5.41) is 14.4. The molecule has 1 aromatic heterocycles. The van der Waals surface area contributed by atoms with E-state index < -0.39 is 23.5 Å². The van der Waals surface area contributed by atoms with Crippen LogP contribution in [0.2, 0.25) is 0 Å². The summed E-state index contributed by atoms with van der Waals surface area (Å²) in [5.41, 5.74) is -0.714. The van der Waals surface area contributed by atoms with Gasteiger partial charge in [-0.05, 0) is 77.7 Å². The number of likely N-dealkylation sites (tertiary alicyclic amines) is 1. The Morgan fingerprint density at radius 1 is 1.19 bits per heavy atom. The van der Waals surface area contributed by atoms with Crippen molar-refractivity contribution in [3.63, 3.8) is 0 Å². The van der Waals surface area contributed by atoms with E-state index in [1.165, 1.54) is 18.6 Å². The largest absolute Gasteiger partial charge is 1.00 e. The number of hydrogen-bond acceptors (Lipinski definition) is 10. The van der Waals surface area contributed by atoms with Crippen LogP contribution in [0.4, 0.5) is 15.0 Å². The Kier molecular flexibility index (Phi) is 10.0. The maximum atomic E-state index is 13.6. The quantitative estimate of drug-likeness (QED) is 0.440. The summed E-state index contributed by atoms with van der Waals surface area (Å²) >= 11 is 0. The normalized spacial score (nSPS) is 22.0. The van der Waals surface area contributed by atoms with Crippen molar-refractivity contribution in [2.75, 3.05) is 44.2 Å². The summed E-state index contributed by atoms with van der Waals surface area (Å²) in [6.07, 6.45) is 6.51. The number of rotatable bonds is 7. The first-order chi connectivity index (χ1) is 19.5. The molecule has 3 aliphatic heterocycles. The zero-order valence-corrected chi connectivity index (χ0v) is 24.7. The molecular weight excluding hydrogens is 540 g/mol. The third kappa shape index (κ3) is 7.92. The Hall–Kier alpha value is -2.91. The van der Waals surface area contributed by atoms with Gasteiger partial charge in [-0.15, -0.1) is 0 Å². The van der Waals surface area contributed by atoms with Crippen molar-refractivity contribution in [1.82, 2.24) is 20.2 Å². The summed E-state index contributed by atoms with van der Waals surface area (Å²) in [6.45, 7) is 10.5. The molecule has 11 nitrogen and oxygen atoms in total. The van der Waals surface area contributed by atoms with E-state index in [4.69, 9.17) is 14.2 Å². The van der Waals surface area contributed by atoms with Gasteiger partial charge in [0.1, 0.15) is 23.5 Å². The molecule has 222 valence electrons. The first-order valence-electron chi connectivity index (χ1n) is 14.1. The van der Waals surface area contributed by atoms with Crippen LogP contribution in [0.15, 0.2) is 30.7 Å². The van der Waals surface area contributed by atoms with E-state index in [-0.39, 0.29) is 47.7 Å². The number of nitrogens with one attached hydrogen (secondary N) is 1. The number of carboxylic acid groups (broad SMARTS) is 1. The Balaban J connectivity index is 0.00000405. The van der Waals surface area contributed by atoms with E-state index in [0.29, 0.717) is 18.2 Å². The predicted molar refractivity (Wildman–Crippen MR) is 145 cm³/mol. The molecular formula is C29H37FLiN5O6. The van der Waals surface area contributed by atoms with Crippen molar-refractivity contribution in [2.24, 2.45) is 5.41 Å². The number of carbonyl (C=O) groups is 2. The molecule has 3 fully saturated rings. The first-order valence-corrected chi connectivity index (χ1v) is 14.1. The molecule has 3 aliphatic rings. The molecule has 0 bridgehead atoms. The molecule has 2 atom stereocenters. The minimum atomic E-state index is -1.52. The number of ether oxygens (including phenoxy) is 3. The van der Waals surface area contributed by atoms with E-state index >= 15 is 0 Å². The number of amides is 1. The van der Waals surface area contributed by atoms with Crippen molar-refractivity contribution in [1.29, 1.82) is 0 Å². The first kappa shape index (κ1) is 32.0. The maximum Gasteiger partial charge on any atom is 1.00 e. The number of nitrogens with zero attached hydrogens (tertiary/aromatic N) is 4. The Bertz CT molecular complexity index is 1250. The van der Waals surface area contributed by atoms with Gasteiger partial charge in [-0.3, -0.25) is 0 Å². The van der Waals surface area contributed by atoms with Gasteiger partial charge in [-0.2, -0.15) is 0 Å². The molecule has 42 heavy (non-hydrogen) atoms. The topological polar surface area (TPSA) is 129 Å². The van der Waals surface area contributed by atoms with Crippen LogP contribution in [0.3, 0.4) is 0 Å². The molecule has 13 heteroatoms. The Labute approximate surface area is 257 Å². The third-order valence-electron chi connectivity index (χ3n) is 7.86. The maximum absolute atomic E-state index is 13.6. The number of carbonyl (C=O) groups excluding carboxylic acids is 2. The van der Waals surface area contributed by atoms with Gasteiger partial charge in [0, 0.05) is 30.6 Å². The summed E-state index contributed by atoms with van der Waals surface area (Å²) in [6, 6.07) is 3.24. The van der Waals surface area contributed by atoms with Crippen LogP contribution in [0.1, 0.15) is 56.8 Å². The van der Waals surface area contributed by atoms with Gasteiger partial charge in [0.05, 0.1) is 30.9 Å². The SMILES string of the molecule is CC(C)(C)OC(=O)N[C@@H]1CC[C@@H](CN2CCC3(CC2)CN(c2ncncc2Oc2ccc(F)cc2C(=O)[O-])C3)OC1.[Li+]. The van der Waals surface area contributed by atoms with E-state index in [1.807, 2.05) is 20.8 Å². The number of alkyl carbamates (subject to hydrolysis) is 1. The molecule has 3 saturated heterocycles. The predicted octanol–water partition coefficient (Wildman–Crippen LogP) is -0.250. The minimum absolute atomic E-state index is 0. The second kappa shape index (κ2) is 13.2. The van der Waals surface area contributed by atoms with E-state index in [1.54, 1.807) is 0 Å². The van der Waals surface area contributed by atoms with E-state index in [9.17, 15) is 19.1 Å². The number of piperidine rings is 1. The van der Waals surface area contributed by atoms with Crippen LogP contribution in [0.25, 0.3) is 0 Å². The fourth-order valence-corrected chi connectivity index (χ4v) is 5.75. The van der Waals surface area contributed by atoms with E-state index in [2.05, 4.69) is 25.1 Å². The molecule has 1 N–H and O–H groups in total. The summed E-state index contributed by atoms with van der Waals surface area (Å²) < 4.78 is 30.8. The van der Waals surface area contributed by atoms with E-state index in [0.717, 1.165) is 70.5 Å². The van der Waals surface area contributed by atoms with Crippen molar-refractivity contribution in [2.45, 2.75) is 64.2 Å². The van der Waals surface area contributed by atoms with Crippen molar-refractivity contribution in [3.05, 3.63) is 42.1 Å². The van der Waals surface area contributed by atoms with Crippen LogP contribution in [-0.4, -0.2) is 84.0 Å². The van der Waals surface area contributed by atoms with Gasteiger partial charge >= 0.3 is 25.0 Å². The van der Waals surface area contributed by atoms with Crippen LogP contribution in [0.5, 0.6) is 11.5 Å². The monoisotopic (exact) mass is 577 g/mol. The molecule has 4 heterocycles. The fraction of sp³-hybridized carbons (Fsp3) is 0.586.